The highest BCUT2D eigenvalue weighted by Gasteiger charge is 2.26. The molecule has 0 saturated heterocycles. The Bertz CT molecular complexity index is 637. The van der Waals surface area contributed by atoms with Crippen LogP contribution in [-0.2, 0) is 4.74 Å². The summed E-state index contributed by atoms with van der Waals surface area (Å²) in [6.07, 6.45) is -0.963. The van der Waals surface area contributed by atoms with Crippen LogP contribution in [0.1, 0.15) is 29.1 Å². The highest BCUT2D eigenvalue weighted by atomic mass is 19.1. The van der Waals surface area contributed by atoms with Crippen molar-refractivity contribution in [3.63, 3.8) is 0 Å². The Kier molecular flexibility index (Phi) is 5.24. The maximum absolute atomic E-state index is 13.0. The maximum Gasteiger partial charge on any atom is 0.290 e. The van der Waals surface area contributed by atoms with Crippen molar-refractivity contribution in [1.82, 2.24) is 10.5 Å². The predicted octanol–water partition coefficient (Wildman–Crippen LogP) is 1.91. The third-order valence-corrected chi connectivity index (χ3v) is 3.06. The lowest BCUT2D eigenvalue weighted by molar-refractivity contribution is 0.0892. The van der Waals surface area contributed by atoms with E-state index in [1.807, 2.05) is 0 Å². The van der Waals surface area contributed by atoms with Gasteiger partial charge >= 0.3 is 0 Å². The minimum absolute atomic E-state index is 0.0644. The summed E-state index contributed by atoms with van der Waals surface area (Å²) in [5.74, 6) is -0.942. The number of hydrogen-bond acceptors (Lipinski definition) is 5. The van der Waals surface area contributed by atoms with Crippen LogP contribution >= 0.6 is 0 Å². The zero-order valence-corrected chi connectivity index (χ0v) is 12.3. The second-order valence-electron chi connectivity index (χ2n) is 4.71. The number of benzene rings is 1. The van der Waals surface area contributed by atoms with Crippen molar-refractivity contribution >= 4 is 5.91 Å². The van der Waals surface area contributed by atoms with Gasteiger partial charge in [0.25, 0.3) is 5.91 Å². The van der Waals surface area contributed by atoms with Crippen molar-refractivity contribution in [3.8, 4) is 11.3 Å². The number of aliphatic hydroxyl groups excluding tert-OH is 1. The Morgan fingerprint density at radius 3 is 2.73 bits per heavy atom. The molecule has 1 aromatic heterocycles. The number of aliphatic hydroxyl groups is 1. The predicted molar refractivity (Wildman–Crippen MR) is 76.7 cm³/mol. The van der Waals surface area contributed by atoms with Gasteiger partial charge in [0.1, 0.15) is 11.5 Å². The van der Waals surface area contributed by atoms with E-state index in [0.717, 1.165) is 0 Å². The summed E-state index contributed by atoms with van der Waals surface area (Å²) in [6, 6.07) is 5.56. The second-order valence-corrected chi connectivity index (χ2v) is 4.71. The number of nitrogens with one attached hydrogen (secondary N) is 1. The van der Waals surface area contributed by atoms with Crippen LogP contribution in [0.4, 0.5) is 4.39 Å². The summed E-state index contributed by atoms with van der Waals surface area (Å²) in [4.78, 5) is 12.1. The van der Waals surface area contributed by atoms with E-state index >= 15 is 0 Å². The van der Waals surface area contributed by atoms with Crippen LogP contribution in [0.3, 0.4) is 0 Å². The largest absolute Gasteiger partial charge is 0.388 e. The van der Waals surface area contributed by atoms with Crippen LogP contribution in [-0.4, -0.2) is 36.4 Å². The summed E-state index contributed by atoms with van der Waals surface area (Å²) < 4.78 is 22.9. The van der Waals surface area contributed by atoms with Gasteiger partial charge in [0.2, 0.25) is 5.76 Å². The number of hydrogen-bond donors (Lipinski definition) is 2. The van der Waals surface area contributed by atoms with E-state index in [9.17, 15) is 14.3 Å². The zero-order valence-electron chi connectivity index (χ0n) is 12.3. The lowest BCUT2D eigenvalue weighted by atomic mass is 10.0. The number of nitrogens with zero attached hydrogens (tertiary/aromatic N) is 1. The topological polar surface area (TPSA) is 84.6 Å². The molecule has 0 aliphatic rings. The Labute approximate surface area is 126 Å². The molecule has 1 atom stereocenters. The minimum Gasteiger partial charge on any atom is -0.388 e. The molecular formula is C15H17FN2O4. The molecule has 0 aliphatic carbocycles. The Hall–Kier alpha value is -2.25. The van der Waals surface area contributed by atoms with Crippen LogP contribution in [0.2, 0.25) is 0 Å². The average molecular weight is 308 g/mol. The number of carbonyl (C=O) groups excluding carboxylic acids is 1. The van der Waals surface area contributed by atoms with Gasteiger partial charge in [0, 0.05) is 19.2 Å². The first-order valence-electron chi connectivity index (χ1n) is 6.75. The van der Waals surface area contributed by atoms with E-state index in [4.69, 9.17) is 9.26 Å². The molecule has 1 amide bonds. The highest BCUT2D eigenvalue weighted by Crippen LogP contribution is 2.30. The molecule has 0 spiro atoms. The molecule has 1 aromatic carbocycles. The van der Waals surface area contributed by atoms with E-state index < -0.39 is 12.0 Å². The molecule has 6 nitrogen and oxygen atoms in total. The Morgan fingerprint density at radius 2 is 2.14 bits per heavy atom. The third kappa shape index (κ3) is 3.49. The lowest BCUT2D eigenvalue weighted by Crippen LogP contribution is -2.27. The first-order chi connectivity index (χ1) is 10.5. The van der Waals surface area contributed by atoms with Gasteiger partial charge in [0.15, 0.2) is 0 Å². The smallest absolute Gasteiger partial charge is 0.290 e. The summed E-state index contributed by atoms with van der Waals surface area (Å²) in [5.41, 5.74) is 1.13. The normalized spacial score (nSPS) is 12.2. The molecule has 0 saturated carbocycles. The molecule has 2 N–H and O–H groups in total. The summed E-state index contributed by atoms with van der Waals surface area (Å²) in [6.45, 7) is 2.17. The fraction of sp³-hybridized carbons (Fsp3) is 0.333. The number of ether oxygens (including phenoxy) is 1. The van der Waals surface area contributed by atoms with Crippen molar-refractivity contribution in [2.45, 2.75) is 13.0 Å². The summed E-state index contributed by atoms with van der Waals surface area (Å²) >= 11 is 0. The van der Waals surface area contributed by atoms with Crippen molar-refractivity contribution in [1.29, 1.82) is 0 Å². The van der Waals surface area contributed by atoms with Gasteiger partial charge < -0.3 is 19.7 Å². The standard InChI is InChI=1S/C15H17FN2O4/c1-9(19)12-13(10-3-5-11(16)6-4-10)18-22-14(12)15(20)17-7-8-21-2/h3-6,9,19H,7-8H2,1-2H3,(H,17,20). The van der Waals surface area contributed by atoms with Gasteiger partial charge in [-0.05, 0) is 31.2 Å². The zero-order chi connectivity index (χ0) is 16.1. The van der Waals surface area contributed by atoms with E-state index in [0.29, 0.717) is 24.4 Å². The summed E-state index contributed by atoms with van der Waals surface area (Å²) in [7, 11) is 1.52. The van der Waals surface area contributed by atoms with Gasteiger partial charge in [-0.3, -0.25) is 4.79 Å². The number of rotatable bonds is 6. The molecule has 0 aliphatic heterocycles. The molecule has 22 heavy (non-hydrogen) atoms. The molecule has 0 bridgehead atoms. The molecule has 118 valence electrons. The first-order valence-corrected chi connectivity index (χ1v) is 6.75. The maximum atomic E-state index is 13.0. The van der Waals surface area contributed by atoms with Crippen LogP contribution in [0, 0.1) is 5.82 Å². The van der Waals surface area contributed by atoms with Gasteiger partial charge in [-0.15, -0.1) is 0 Å². The molecule has 1 unspecified atom stereocenters. The first kappa shape index (κ1) is 16.1. The molecule has 0 radical (unpaired) electrons. The monoisotopic (exact) mass is 308 g/mol. The molecule has 1 heterocycles. The van der Waals surface area contributed by atoms with E-state index in [1.54, 1.807) is 0 Å². The van der Waals surface area contributed by atoms with Crippen molar-refractivity contribution in [2.24, 2.45) is 0 Å². The molecule has 2 aromatic rings. The number of carbonyl (C=O) groups is 1. The van der Waals surface area contributed by atoms with Gasteiger partial charge in [-0.1, -0.05) is 5.16 Å². The average Bonchev–Trinajstić information content (AvgIpc) is 2.93. The number of halogens is 1. The molecular weight excluding hydrogens is 291 g/mol. The second kappa shape index (κ2) is 7.15. The SMILES string of the molecule is COCCNC(=O)c1onc(-c2ccc(F)cc2)c1C(C)O. The Balaban J connectivity index is 2.33. The Morgan fingerprint density at radius 1 is 1.45 bits per heavy atom. The van der Waals surface area contributed by atoms with Crippen molar-refractivity contribution in [2.75, 3.05) is 20.3 Å². The van der Waals surface area contributed by atoms with Crippen LogP contribution < -0.4 is 5.32 Å². The number of aromatic nitrogens is 1. The number of amides is 1. The van der Waals surface area contributed by atoms with Crippen molar-refractivity contribution < 1.29 is 23.6 Å². The fourth-order valence-corrected chi connectivity index (χ4v) is 2.01. The van der Waals surface area contributed by atoms with Gasteiger partial charge in [-0.2, -0.15) is 0 Å². The van der Waals surface area contributed by atoms with Gasteiger partial charge in [-0.25, -0.2) is 4.39 Å². The van der Waals surface area contributed by atoms with Crippen LogP contribution in [0.25, 0.3) is 11.3 Å². The van der Waals surface area contributed by atoms with E-state index in [-0.39, 0.29) is 17.1 Å². The quantitative estimate of drug-likeness (QED) is 0.796. The van der Waals surface area contributed by atoms with E-state index in [1.165, 1.54) is 38.3 Å². The summed E-state index contributed by atoms with van der Waals surface area (Å²) in [5, 5.41) is 16.4. The van der Waals surface area contributed by atoms with Crippen molar-refractivity contribution in [3.05, 3.63) is 41.4 Å². The van der Waals surface area contributed by atoms with Crippen LogP contribution in [0.15, 0.2) is 28.8 Å². The fourth-order valence-electron chi connectivity index (χ4n) is 2.01. The minimum atomic E-state index is -0.963. The molecule has 0 fully saturated rings. The lowest BCUT2D eigenvalue weighted by Gasteiger charge is -2.07. The molecule has 7 heteroatoms. The van der Waals surface area contributed by atoms with Gasteiger partial charge in [0.05, 0.1) is 18.3 Å². The number of methoxy groups -OCH3 is 1. The van der Waals surface area contributed by atoms with E-state index in [2.05, 4.69) is 10.5 Å². The highest BCUT2D eigenvalue weighted by molar-refractivity contribution is 5.94. The molecule has 2 rings (SSSR count). The third-order valence-electron chi connectivity index (χ3n) is 3.06. The van der Waals surface area contributed by atoms with Crippen LogP contribution in [0.5, 0.6) is 0 Å².